The van der Waals surface area contributed by atoms with E-state index >= 15 is 0 Å². The first-order valence-corrected chi connectivity index (χ1v) is 8.54. The molecule has 0 spiro atoms. The van der Waals surface area contributed by atoms with E-state index in [2.05, 4.69) is 4.57 Å². The summed E-state index contributed by atoms with van der Waals surface area (Å²) in [5.74, 6) is 0.976. The van der Waals surface area contributed by atoms with Crippen LogP contribution in [0.2, 0.25) is 0 Å². The van der Waals surface area contributed by atoms with Crippen molar-refractivity contribution in [3.8, 4) is 17.1 Å². The number of nitrogens with one attached hydrogen (secondary N) is 1. The number of imidazole rings is 1. The minimum atomic E-state index is -0.595. The van der Waals surface area contributed by atoms with E-state index in [1.165, 1.54) is 6.08 Å². The fourth-order valence-corrected chi connectivity index (χ4v) is 2.88. The Balaban J connectivity index is 2.05. The van der Waals surface area contributed by atoms with E-state index in [9.17, 15) is 9.90 Å². The Bertz CT molecular complexity index is 961. The summed E-state index contributed by atoms with van der Waals surface area (Å²) >= 11 is 0. The average molecular weight is 367 g/mol. The molecule has 0 aliphatic rings. The van der Waals surface area contributed by atoms with Gasteiger partial charge < -0.3 is 14.4 Å². The van der Waals surface area contributed by atoms with Crippen LogP contribution in [0.15, 0.2) is 48.5 Å². The summed E-state index contributed by atoms with van der Waals surface area (Å²) in [6, 6.07) is 13.3. The Morgan fingerprint density at radius 2 is 2.04 bits per heavy atom. The fraction of sp³-hybridized carbons (Fsp3) is 0.200. The van der Waals surface area contributed by atoms with Crippen molar-refractivity contribution in [1.29, 1.82) is 0 Å². The van der Waals surface area contributed by atoms with Crippen molar-refractivity contribution in [3.05, 3.63) is 54.1 Å². The van der Waals surface area contributed by atoms with Gasteiger partial charge in [-0.3, -0.25) is 10.0 Å². The second-order valence-electron chi connectivity index (χ2n) is 5.95. The zero-order valence-corrected chi connectivity index (χ0v) is 14.9. The van der Waals surface area contributed by atoms with E-state index in [-0.39, 0.29) is 6.61 Å². The van der Waals surface area contributed by atoms with Gasteiger partial charge in [0, 0.05) is 24.8 Å². The summed E-state index contributed by atoms with van der Waals surface area (Å²) < 4.78 is 7.28. The van der Waals surface area contributed by atoms with Crippen LogP contribution in [0.5, 0.6) is 5.75 Å². The molecule has 140 valence electrons. The standard InChI is InChI=1S/C20H21N3O4/c1-27-16-7-5-15(6-8-16)20-21-17-13-14(4-10-19(25)22-26)3-9-18(17)23(20)11-2-12-24/h3-10,13,24,26H,2,11-12H2,1H3,(H,22,25). The van der Waals surface area contributed by atoms with Crippen molar-refractivity contribution in [2.24, 2.45) is 0 Å². The van der Waals surface area contributed by atoms with Crippen LogP contribution in [-0.2, 0) is 11.3 Å². The van der Waals surface area contributed by atoms with Crippen LogP contribution < -0.4 is 10.2 Å². The highest BCUT2D eigenvalue weighted by atomic mass is 16.5. The maximum absolute atomic E-state index is 11.2. The number of aliphatic hydroxyl groups is 1. The molecular weight excluding hydrogens is 346 g/mol. The Labute approximate surface area is 156 Å². The van der Waals surface area contributed by atoms with E-state index in [0.717, 1.165) is 33.7 Å². The topological polar surface area (TPSA) is 96.6 Å². The molecule has 0 saturated carbocycles. The molecule has 0 radical (unpaired) electrons. The summed E-state index contributed by atoms with van der Waals surface area (Å²) in [5, 5.41) is 17.8. The van der Waals surface area contributed by atoms with Crippen LogP contribution in [0, 0.1) is 0 Å². The van der Waals surface area contributed by atoms with Crippen LogP contribution in [0.4, 0.5) is 0 Å². The predicted molar refractivity (Wildman–Crippen MR) is 102 cm³/mol. The molecule has 0 aliphatic heterocycles. The number of amides is 1. The second kappa shape index (κ2) is 8.48. The lowest BCUT2D eigenvalue weighted by Gasteiger charge is -2.09. The highest BCUT2D eigenvalue weighted by Gasteiger charge is 2.13. The van der Waals surface area contributed by atoms with Crippen molar-refractivity contribution in [2.45, 2.75) is 13.0 Å². The van der Waals surface area contributed by atoms with Gasteiger partial charge in [-0.05, 0) is 54.5 Å². The van der Waals surface area contributed by atoms with Gasteiger partial charge in [-0.1, -0.05) is 6.07 Å². The fourth-order valence-electron chi connectivity index (χ4n) is 2.88. The number of benzene rings is 2. The van der Waals surface area contributed by atoms with Gasteiger partial charge >= 0.3 is 0 Å². The van der Waals surface area contributed by atoms with Gasteiger partial charge in [0.25, 0.3) is 5.91 Å². The molecule has 1 amide bonds. The average Bonchev–Trinajstić information content (AvgIpc) is 3.08. The quantitative estimate of drug-likeness (QED) is 0.339. The van der Waals surface area contributed by atoms with Gasteiger partial charge in [-0.25, -0.2) is 10.5 Å². The number of ether oxygens (including phenoxy) is 1. The molecule has 3 rings (SSSR count). The molecule has 0 fully saturated rings. The molecule has 3 aromatic rings. The molecule has 7 nitrogen and oxygen atoms in total. The highest BCUT2D eigenvalue weighted by molar-refractivity contribution is 5.91. The molecule has 7 heteroatoms. The first-order chi connectivity index (χ1) is 13.2. The lowest BCUT2D eigenvalue weighted by molar-refractivity contribution is -0.124. The smallest absolute Gasteiger partial charge is 0.267 e. The normalized spacial score (nSPS) is 11.2. The Morgan fingerprint density at radius 1 is 1.26 bits per heavy atom. The number of aromatic nitrogens is 2. The minimum Gasteiger partial charge on any atom is -0.497 e. The van der Waals surface area contributed by atoms with Gasteiger partial charge in [0.2, 0.25) is 0 Å². The molecule has 0 unspecified atom stereocenters. The number of hydroxylamine groups is 1. The van der Waals surface area contributed by atoms with Crippen LogP contribution in [0.3, 0.4) is 0 Å². The van der Waals surface area contributed by atoms with Gasteiger partial charge in [-0.15, -0.1) is 0 Å². The number of hydrogen-bond donors (Lipinski definition) is 3. The number of aliphatic hydroxyl groups excluding tert-OH is 1. The number of nitrogens with zero attached hydrogens (tertiary/aromatic N) is 2. The van der Waals surface area contributed by atoms with E-state index in [4.69, 9.17) is 14.9 Å². The Hall–Kier alpha value is -3.16. The molecule has 27 heavy (non-hydrogen) atoms. The van der Waals surface area contributed by atoms with Gasteiger partial charge in [0.05, 0.1) is 18.1 Å². The zero-order valence-electron chi connectivity index (χ0n) is 14.9. The van der Waals surface area contributed by atoms with Gasteiger partial charge in [-0.2, -0.15) is 0 Å². The third-order valence-electron chi connectivity index (χ3n) is 4.20. The third-order valence-corrected chi connectivity index (χ3v) is 4.20. The Kier molecular flexibility index (Phi) is 5.85. The largest absolute Gasteiger partial charge is 0.497 e. The first-order valence-electron chi connectivity index (χ1n) is 8.54. The molecule has 1 aromatic heterocycles. The number of carbonyl (C=O) groups excluding carboxylic acids is 1. The molecule has 1 heterocycles. The predicted octanol–water partition coefficient (Wildman–Crippen LogP) is 2.61. The van der Waals surface area contributed by atoms with Crippen LogP contribution in [0.1, 0.15) is 12.0 Å². The van der Waals surface area contributed by atoms with Crippen molar-refractivity contribution < 1.29 is 19.8 Å². The number of aryl methyl sites for hydroxylation is 1. The SMILES string of the molecule is COc1ccc(-c2nc3cc(C=CC(=O)NO)ccc3n2CCCO)cc1. The second-order valence-corrected chi connectivity index (χ2v) is 5.95. The monoisotopic (exact) mass is 367 g/mol. The van der Waals surface area contributed by atoms with Crippen molar-refractivity contribution in [2.75, 3.05) is 13.7 Å². The van der Waals surface area contributed by atoms with E-state index < -0.39 is 5.91 Å². The van der Waals surface area contributed by atoms with Crippen LogP contribution >= 0.6 is 0 Å². The van der Waals surface area contributed by atoms with Crippen molar-refractivity contribution in [1.82, 2.24) is 15.0 Å². The molecule has 2 aromatic carbocycles. The molecule has 0 aliphatic carbocycles. The summed E-state index contributed by atoms with van der Waals surface area (Å²) in [6.07, 6.45) is 3.46. The maximum atomic E-state index is 11.2. The minimum absolute atomic E-state index is 0.0961. The lowest BCUT2D eigenvalue weighted by atomic mass is 10.2. The Morgan fingerprint density at radius 3 is 2.70 bits per heavy atom. The number of fused-ring (bicyclic) bond motifs is 1. The zero-order chi connectivity index (χ0) is 19.2. The van der Waals surface area contributed by atoms with Gasteiger partial charge in [0.1, 0.15) is 11.6 Å². The molecule has 0 atom stereocenters. The molecular formula is C20H21N3O4. The van der Waals surface area contributed by atoms with Crippen molar-refractivity contribution >= 4 is 23.0 Å². The first kappa shape index (κ1) is 18.6. The van der Waals surface area contributed by atoms with E-state index in [1.807, 2.05) is 42.5 Å². The van der Waals surface area contributed by atoms with Crippen LogP contribution in [-0.4, -0.2) is 39.5 Å². The summed E-state index contributed by atoms with van der Waals surface area (Å²) in [7, 11) is 1.62. The number of rotatable bonds is 7. The summed E-state index contributed by atoms with van der Waals surface area (Å²) in [5.41, 5.74) is 5.02. The maximum Gasteiger partial charge on any atom is 0.267 e. The van der Waals surface area contributed by atoms with Gasteiger partial charge in [0.15, 0.2) is 0 Å². The molecule has 0 bridgehead atoms. The van der Waals surface area contributed by atoms with Crippen LogP contribution in [0.25, 0.3) is 28.5 Å². The number of carbonyl (C=O) groups is 1. The van der Waals surface area contributed by atoms with E-state index in [0.29, 0.717) is 13.0 Å². The van der Waals surface area contributed by atoms with E-state index in [1.54, 1.807) is 18.7 Å². The summed E-state index contributed by atoms with van der Waals surface area (Å²) in [6.45, 7) is 0.731. The highest BCUT2D eigenvalue weighted by Crippen LogP contribution is 2.27. The number of hydrogen-bond acceptors (Lipinski definition) is 5. The van der Waals surface area contributed by atoms with Crippen molar-refractivity contribution in [3.63, 3.8) is 0 Å². The molecule has 3 N–H and O–H groups in total. The number of methoxy groups -OCH3 is 1. The molecule has 0 saturated heterocycles. The lowest BCUT2D eigenvalue weighted by Crippen LogP contribution is -2.14. The third kappa shape index (κ3) is 4.16. The summed E-state index contributed by atoms with van der Waals surface area (Å²) in [4.78, 5) is 15.9.